The number of aliphatic hydroxyl groups excluding tert-OH is 7. The molecule has 10 atom stereocenters. The van der Waals surface area contributed by atoms with Gasteiger partial charge in [-0.3, -0.25) is 9.59 Å². The average molecular weight is 755 g/mol. The summed E-state index contributed by atoms with van der Waals surface area (Å²) in [5.41, 5.74) is -2.98. The van der Waals surface area contributed by atoms with Gasteiger partial charge in [0, 0.05) is 0 Å². The molecule has 0 aromatic heterocycles. The lowest BCUT2D eigenvalue weighted by Gasteiger charge is -2.49. The first-order valence-corrected chi connectivity index (χ1v) is 15.8. The van der Waals surface area contributed by atoms with Crippen molar-refractivity contribution in [3.63, 3.8) is 0 Å². The molecule has 2 aromatic carbocycles. The predicted octanol–water partition coefficient (Wildman–Crippen LogP) is -2.65. The van der Waals surface area contributed by atoms with Gasteiger partial charge < -0.3 is 84.2 Å². The predicted molar refractivity (Wildman–Crippen MR) is 177 cm³/mol. The van der Waals surface area contributed by atoms with E-state index in [1.165, 1.54) is 52.7 Å². The van der Waals surface area contributed by atoms with Gasteiger partial charge in [0.25, 0.3) is 0 Å². The standard InChI is InChI=1S/C34H42O19/c1-47-18-9-15(10-19(48-2)25(18)40)5-7-17(37)24(39)28-30(44)34(46,23(38)8-6-16-11-20(49-3)26(41)21(12-16)50-4)31(45)32(51-28)53-33(14-36)29(43)27(42)22(13-35)52-33/h5-12,22,24,27-32,35-36,39-46H,13-14H2,1-4H3/b7-5+,8-6+/t22-,24+,27-,28-,29+,30-,31+,32+,33+,34+/m1/s1. The number of aliphatic hydroxyl groups is 8. The smallest absolute Gasteiger partial charge is 0.224 e. The molecule has 2 aliphatic rings. The number of aromatic hydroxyl groups is 2. The van der Waals surface area contributed by atoms with Gasteiger partial charge in [-0.1, -0.05) is 12.2 Å². The number of benzene rings is 2. The quantitative estimate of drug-likeness (QED) is 0.0831. The van der Waals surface area contributed by atoms with E-state index in [4.69, 9.17) is 33.2 Å². The van der Waals surface area contributed by atoms with Crippen LogP contribution >= 0.6 is 0 Å². The molecular weight excluding hydrogens is 712 g/mol. The molecule has 292 valence electrons. The summed E-state index contributed by atoms with van der Waals surface area (Å²) in [5.74, 6) is -6.19. The van der Waals surface area contributed by atoms with Gasteiger partial charge in [-0.25, -0.2) is 0 Å². The maximum absolute atomic E-state index is 13.7. The van der Waals surface area contributed by atoms with Crippen LogP contribution in [0.5, 0.6) is 34.5 Å². The summed E-state index contributed by atoms with van der Waals surface area (Å²) in [6.45, 7) is -2.14. The summed E-state index contributed by atoms with van der Waals surface area (Å²) >= 11 is 0. The zero-order valence-electron chi connectivity index (χ0n) is 28.8. The van der Waals surface area contributed by atoms with E-state index < -0.39 is 85.2 Å². The van der Waals surface area contributed by atoms with Crippen LogP contribution in [-0.4, -0.2) is 165 Å². The molecule has 0 unspecified atom stereocenters. The summed E-state index contributed by atoms with van der Waals surface area (Å²) in [5, 5.41) is 107. The van der Waals surface area contributed by atoms with E-state index in [1.807, 2.05) is 0 Å². The number of phenolic OH excluding ortho intramolecular Hbond substituents is 2. The number of methoxy groups -OCH3 is 4. The van der Waals surface area contributed by atoms with Gasteiger partial charge in [0.05, 0.1) is 35.0 Å². The molecule has 2 saturated heterocycles. The second kappa shape index (κ2) is 16.7. The molecule has 19 nitrogen and oxygen atoms in total. The summed E-state index contributed by atoms with van der Waals surface area (Å²) in [6, 6.07) is 5.19. The van der Waals surface area contributed by atoms with E-state index in [-0.39, 0.29) is 45.6 Å². The molecule has 0 bridgehead atoms. The first-order valence-electron chi connectivity index (χ1n) is 15.8. The van der Waals surface area contributed by atoms with Crippen molar-refractivity contribution in [2.75, 3.05) is 41.7 Å². The van der Waals surface area contributed by atoms with Gasteiger partial charge in [-0.05, 0) is 47.5 Å². The van der Waals surface area contributed by atoms with Crippen LogP contribution in [0.4, 0.5) is 0 Å². The Morgan fingerprint density at radius 3 is 1.68 bits per heavy atom. The highest BCUT2D eigenvalue weighted by Crippen LogP contribution is 2.41. The summed E-state index contributed by atoms with van der Waals surface area (Å²) in [7, 11) is 5.03. The van der Waals surface area contributed by atoms with Gasteiger partial charge >= 0.3 is 0 Å². The fourth-order valence-corrected chi connectivity index (χ4v) is 5.80. The van der Waals surface area contributed by atoms with Crippen molar-refractivity contribution < 1.29 is 93.8 Å². The average Bonchev–Trinajstić information content (AvgIpc) is 3.41. The van der Waals surface area contributed by atoms with Crippen LogP contribution in [0.3, 0.4) is 0 Å². The van der Waals surface area contributed by atoms with Crippen LogP contribution in [-0.2, 0) is 23.8 Å². The Morgan fingerprint density at radius 2 is 1.26 bits per heavy atom. The van der Waals surface area contributed by atoms with Crippen LogP contribution in [0, 0.1) is 0 Å². The molecule has 2 heterocycles. The Bertz CT molecular complexity index is 1640. The van der Waals surface area contributed by atoms with E-state index in [1.54, 1.807) is 0 Å². The fourth-order valence-electron chi connectivity index (χ4n) is 5.80. The van der Waals surface area contributed by atoms with Gasteiger partial charge in [0.15, 0.2) is 46.5 Å². The fraction of sp³-hybridized carbons (Fsp3) is 0.471. The molecule has 0 amide bonds. The molecule has 0 radical (unpaired) electrons. The molecule has 0 spiro atoms. The summed E-state index contributed by atoms with van der Waals surface area (Å²) < 4.78 is 36.7. The first kappa shape index (κ1) is 41.4. The van der Waals surface area contributed by atoms with Crippen molar-refractivity contribution in [3.8, 4) is 34.5 Å². The van der Waals surface area contributed by atoms with Crippen molar-refractivity contribution >= 4 is 23.7 Å². The van der Waals surface area contributed by atoms with Gasteiger partial charge in [0.2, 0.25) is 17.3 Å². The summed E-state index contributed by atoms with van der Waals surface area (Å²) in [4.78, 5) is 27.0. The van der Waals surface area contributed by atoms with Gasteiger partial charge in [-0.2, -0.15) is 0 Å². The zero-order chi connectivity index (χ0) is 39.4. The highest BCUT2D eigenvalue weighted by molar-refractivity contribution is 6.02. The summed E-state index contributed by atoms with van der Waals surface area (Å²) in [6.07, 6.45) is -14.0. The molecule has 53 heavy (non-hydrogen) atoms. The van der Waals surface area contributed by atoms with Crippen LogP contribution < -0.4 is 18.9 Å². The largest absolute Gasteiger partial charge is 0.502 e. The van der Waals surface area contributed by atoms with Crippen molar-refractivity contribution in [2.24, 2.45) is 0 Å². The zero-order valence-corrected chi connectivity index (χ0v) is 28.8. The Hall–Kier alpha value is -4.38. The monoisotopic (exact) mass is 754 g/mol. The number of rotatable bonds is 15. The van der Waals surface area contributed by atoms with E-state index in [2.05, 4.69) is 0 Å². The lowest BCUT2D eigenvalue weighted by Crippen LogP contribution is -2.73. The van der Waals surface area contributed by atoms with Crippen LogP contribution in [0.15, 0.2) is 36.4 Å². The van der Waals surface area contributed by atoms with Gasteiger partial charge in [-0.15, -0.1) is 0 Å². The number of carbonyl (C=O) groups is 2. The molecule has 10 N–H and O–H groups in total. The normalized spacial score (nSPS) is 30.8. The van der Waals surface area contributed by atoms with E-state index in [9.17, 15) is 60.7 Å². The topological polar surface area (TPSA) is 301 Å². The van der Waals surface area contributed by atoms with E-state index >= 15 is 0 Å². The minimum Gasteiger partial charge on any atom is -0.502 e. The third kappa shape index (κ3) is 7.81. The minimum atomic E-state index is -3.37. The number of hydrogen-bond acceptors (Lipinski definition) is 19. The third-order valence-corrected chi connectivity index (χ3v) is 8.85. The Kier molecular flexibility index (Phi) is 13.1. The molecule has 2 aromatic rings. The van der Waals surface area contributed by atoms with Crippen molar-refractivity contribution in [1.29, 1.82) is 0 Å². The molecule has 19 heteroatoms. The molecular formula is C34H42O19. The Labute approximate surface area is 301 Å². The highest BCUT2D eigenvalue weighted by Gasteiger charge is 2.64. The number of phenols is 2. The molecule has 2 fully saturated rings. The lowest BCUT2D eigenvalue weighted by molar-refractivity contribution is -0.394. The Balaban J connectivity index is 1.73. The van der Waals surface area contributed by atoms with Crippen LogP contribution in [0.25, 0.3) is 12.2 Å². The maximum Gasteiger partial charge on any atom is 0.224 e. The van der Waals surface area contributed by atoms with Crippen LogP contribution in [0.2, 0.25) is 0 Å². The van der Waals surface area contributed by atoms with Crippen LogP contribution in [0.1, 0.15) is 11.1 Å². The number of ether oxygens (including phenoxy) is 7. The van der Waals surface area contributed by atoms with Gasteiger partial charge in [0.1, 0.15) is 49.3 Å². The second-order valence-corrected chi connectivity index (χ2v) is 12.0. The SMILES string of the molecule is COc1cc(/C=C/C(=O)[C@H](O)[C@H]2O[C@@H](O[C@]3(CO)O[C@H](CO)[C@@H](O)[C@@H]3O)[C@H](O)[C@](O)(C(=O)/C=C/c3cc(OC)c(O)c(OC)c3)[C@@H]2O)cc(OC)c1O. The maximum atomic E-state index is 13.7. The lowest BCUT2D eigenvalue weighted by atomic mass is 9.78. The molecule has 0 aliphatic carbocycles. The molecule has 2 aliphatic heterocycles. The number of carbonyl (C=O) groups excluding carboxylic acids is 2. The van der Waals surface area contributed by atoms with Crippen molar-refractivity contribution in [3.05, 3.63) is 47.5 Å². The third-order valence-electron chi connectivity index (χ3n) is 8.85. The molecule has 0 saturated carbocycles. The number of hydrogen-bond donors (Lipinski definition) is 10. The van der Waals surface area contributed by atoms with E-state index in [0.29, 0.717) is 6.08 Å². The van der Waals surface area contributed by atoms with E-state index in [0.717, 1.165) is 18.2 Å². The minimum absolute atomic E-state index is 0.0273. The molecule has 4 rings (SSSR count). The number of ketones is 2. The Morgan fingerprint density at radius 1 is 0.792 bits per heavy atom. The van der Waals surface area contributed by atoms with Crippen molar-refractivity contribution in [2.45, 2.75) is 60.4 Å². The second-order valence-electron chi connectivity index (χ2n) is 12.0. The first-order chi connectivity index (χ1) is 25.1. The van der Waals surface area contributed by atoms with Crippen molar-refractivity contribution in [1.82, 2.24) is 0 Å². The highest BCUT2D eigenvalue weighted by atomic mass is 16.8.